The second-order valence-electron chi connectivity index (χ2n) is 6.68. The van der Waals surface area contributed by atoms with Crippen LogP contribution in [0.4, 0.5) is 8.78 Å². The van der Waals surface area contributed by atoms with E-state index in [2.05, 4.69) is 17.3 Å². The molecule has 2 nitrogen and oxygen atoms in total. The normalized spacial score (nSPS) is 12.5. The van der Waals surface area contributed by atoms with E-state index >= 15 is 0 Å². The number of rotatable bonds is 10. The van der Waals surface area contributed by atoms with E-state index in [1.165, 1.54) is 29.8 Å². The molecule has 0 saturated heterocycles. The molecule has 0 spiro atoms. The minimum atomic E-state index is -0.194. The van der Waals surface area contributed by atoms with Crippen molar-refractivity contribution in [3.63, 3.8) is 0 Å². The van der Waals surface area contributed by atoms with E-state index in [4.69, 9.17) is 0 Å². The number of nitrogens with zero attached hydrogens (tertiary/aromatic N) is 1. The Morgan fingerprint density at radius 3 is 2.00 bits per heavy atom. The lowest BCUT2D eigenvalue weighted by Gasteiger charge is -2.24. The van der Waals surface area contributed by atoms with Crippen LogP contribution in [0.5, 0.6) is 0 Å². The second kappa shape index (κ2) is 10.3. The molecule has 2 aromatic carbocycles. The number of nitrogens with one attached hydrogen (secondary N) is 1. The lowest BCUT2D eigenvalue weighted by Crippen LogP contribution is -2.37. The van der Waals surface area contributed by atoms with Crippen LogP contribution in [0.25, 0.3) is 0 Å². The summed E-state index contributed by atoms with van der Waals surface area (Å²) < 4.78 is 25.9. The van der Waals surface area contributed by atoms with Crippen LogP contribution in [0.15, 0.2) is 48.5 Å². The van der Waals surface area contributed by atoms with Crippen LogP contribution in [0, 0.1) is 11.6 Å². The molecule has 4 heteroatoms. The molecule has 136 valence electrons. The number of hydrogen-bond acceptors (Lipinski definition) is 2. The minimum absolute atomic E-state index is 0.178. The first-order valence-electron chi connectivity index (χ1n) is 8.91. The number of aryl methyl sites for hydroxylation is 1. The molecule has 0 heterocycles. The highest BCUT2D eigenvalue weighted by atomic mass is 19.1. The van der Waals surface area contributed by atoms with Gasteiger partial charge >= 0.3 is 0 Å². The van der Waals surface area contributed by atoms with Crippen molar-refractivity contribution in [2.75, 3.05) is 20.6 Å². The Bertz CT molecular complexity index is 611. The maximum absolute atomic E-state index is 13.0. The zero-order chi connectivity index (χ0) is 18.1. The molecule has 1 N–H and O–H groups in total. The predicted molar refractivity (Wildman–Crippen MR) is 99.5 cm³/mol. The summed E-state index contributed by atoms with van der Waals surface area (Å²) in [6.07, 6.45) is 4.33. The standard InChI is InChI=1S/C21H28F2N2/c1-24-21(6-4-3-5-17-7-11-19(22)12-8-17)16-25(2)15-18-9-13-20(23)14-10-18/h7-14,21,24H,3-6,15-16H2,1-2H3. The molecular formula is C21H28F2N2. The van der Waals surface area contributed by atoms with Gasteiger partial charge in [0.05, 0.1) is 0 Å². The SMILES string of the molecule is CNC(CCCCc1ccc(F)cc1)CN(C)Cc1ccc(F)cc1. The van der Waals surface area contributed by atoms with Crippen LogP contribution >= 0.6 is 0 Å². The molecule has 25 heavy (non-hydrogen) atoms. The fraction of sp³-hybridized carbons (Fsp3) is 0.429. The van der Waals surface area contributed by atoms with Gasteiger partial charge in [-0.2, -0.15) is 0 Å². The van der Waals surface area contributed by atoms with Crippen molar-refractivity contribution < 1.29 is 8.78 Å². The average Bonchev–Trinajstić information content (AvgIpc) is 2.61. The number of benzene rings is 2. The molecule has 0 fully saturated rings. The van der Waals surface area contributed by atoms with Gasteiger partial charge in [0.2, 0.25) is 0 Å². The molecule has 0 bridgehead atoms. The summed E-state index contributed by atoms with van der Waals surface area (Å²) >= 11 is 0. The van der Waals surface area contributed by atoms with E-state index < -0.39 is 0 Å². The van der Waals surface area contributed by atoms with Crippen molar-refractivity contribution in [3.05, 3.63) is 71.3 Å². The molecule has 0 radical (unpaired) electrons. The molecule has 1 atom stereocenters. The maximum Gasteiger partial charge on any atom is 0.123 e. The third-order valence-electron chi connectivity index (χ3n) is 4.49. The van der Waals surface area contributed by atoms with Crippen LogP contribution in [-0.2, 0) is 13.0 Å². The van der Waals surface area contributed by atoms with Gasteiger partial charge in [0.1, 0.15) is 11.6 Å². The Morgan fingerprint density at radius 2 is 1.44 bits per heavy atom. The third kappa shape index (κ3) is 7.32. The van der Waals surface area contributed by atoms with E-state index in [1.54, 1.807) is 0 Å². The number of likely N-dealkylation sites (N-methyl/N-ethyl adjacent to an activating group) is 2. The van der Waals surface area contributed by atoms with Crippen molar-refractivity contribution in [1.29, 1.82) is 0 Å². The Labute approximate surface area is 149 Å². The molecular weight excluding hydrogens is 318 g/mol. The third-order valence-corrected chi connectivity index (χ3v) is 4.49. The van der Waals surface area contributed by atoms with Crippen molar-refractivity contribution in [2.45, 2.75) is 38.3 Å². The summed E-state index contributed by atoms with van der Waals surface area (Å²) in [5, 5.41) is 3.38. The van der Waals surface area contributed by atoms with Gasteiger partial charge in [0, 0.05) is 19.1 Å². The van der Waals surface area contributed by atoms with Gasteiger partial charge in [0.25, 0.3) is 0 Å². The summed E-state index contributed by atoms with van der Waals surface area (Å²) in [6, 6.07) is 13.9. The highest BCUT2D eigenvalue weighted by molar-refractivity contribution is 5.16. The van der Waals surface area contributed by atoms with Crippen LogP contribution in [0.1, 0.15) is 30.4 Å². The Hall–Kier alpha value is -1.78. The average molecular weight is 346 g/mol. The van der Waals surface area contributed by atoms with E-state index in [0.29, 0.717) is 6.04 Å². The van der Waals surface area contributed by atoms with Crippen LogP contribution < -0.4 is 5.32 Å². The molecule has 0 aliphatic heterocycles. The molecule has 0 aliphatic carbocycles. The summed E-state index contributed by atoms with van der Waals surface area (Å²) in [5.41, 5.74) is 2.31. The highest BCUT2D eigenvalue weighted by Crippen LogP contribution is 2.11. The fourth-order valence-electron chi connectivity index (χ4n) is 3.04. The first kappa shape index (κ1) is 19.5. The number of halogens is 2. The van der Waals surface area contributed by atoms with Gasteiger partial charge in [0.15, 0.2) is 0 Å². The van der Waals surface area contributed by atoms with Crippen LogP contribution in [0.3, 0.4) is 0 Å². The van der Waals surface area contributed by atoms with Crippen molar-refractivity contribution >= 4 is 0 Å². The molecule has 0 aliphatic rings. The fourth-order valence-corrected chi connectivity index (χ4v) is 3.04. The van der Waals surface area contributed by atoms with Crippen LogP contribution in [-0.4, -0.2) is 31.6 Å². The van der Waals surface area contributed by atoms with Crippen molar-refractivity contribution in [1.82, 2.24) is 10.2 Å². The van der Waals surface area contributed by atoms with Gasteiger partial charge in [-0.3, -0.25) is 0 Å². The smallest absolute Gasteiger partial charge is 0.123 e. The molecule has 1 unspecified atom stereocenters. The van der Waals surface area contributed by atoms with Crippen LogP contribution in [0.2, 0.25) is 0 Å². The minimum Gasteiger partial charge on any atom is -0.316 e. The largest absolute Gasteiger partial charge is 0.316 e. The first-order chi connectivity index (χ1) is 12.1. The van der Waals surface area contributed by atoms with E-state index in [1.807, 2.05) is 31.3 Å². The Morgan fingerprint density at radius 1 is 0.880 bits per heavy atom. The summed E-state index contributed by atoms with van der Waals surface area (Å²) in [6.45, 7) is 1.76. The summed E-state index contributed by atoms with van der Waals surface area (Å²) in [7, 11) is 4.09. The summed E-state index contributed by atoms with van der Waals surface area (Å²) in [5.74, 6) is -0.371. The molecule has 0 aromatic heterocycles. The van der Waals surface area contributed by atoms with E-state index in [-0.39, 0.29) is 11.6 Å². The van der Waals surface area contributed by atoms with Gasteiger partial charge in [-0.1, -0.05) is 30.7 Å². The van der Waals surface area contributed by atoms with Crippen molar-refractivity contribution in [3.8, 4) is 0 Å². The quantitative estimate of drug-likeness (QED) is 0.642. The Balaban J connectivity index is 1.68. The van der Waals surface area contributed by atoms with E-state index in [9.17, 15) is 8.78 Å². The molecule has 2 aromatic rings. The Kier molecular flexibility index (Phi) is 8.02. The van der Waals surface area contributed by atoms with Crippen molar-refractivity contribution in [2.24, 2.45) is 0 Å². The lowest BCUT2D eigenvalue weighted by atomic mass is 10.0. The topological polar surface area (TPSA) is 15.3 Å². The summed E-state index contributed by atoms with van der Waals surface area (Å²) in [4.78, 5) is 2.26. The first-order valence-corrected chi connectivity index (χ1v) is 8.91. The molecule has 2 rings (SSSR count). The lowest BCUT2D eigenvalue weighted by molar-refractivity contribution is 0.277. The van der Waals surface area contributed by atoms with Gasteiger partial charge in [-0.05, 0) is 68.8 Å². The molecule has 0 amide bonds. The maximum atomic E-state index is 13.0. The second-order valence-corrected chi connectivity index (χ2v) is 6.68. The van der Waals surface area contributed by atoms with E-state index in [0.717, 1.165) is 44.3 Å². The predicted octanol–water partition coefficient (Wildman–Crippen LogP) is 4.40. The molecule has 0 saturated carbocycles. The highest BCUT2D eigenvalue weighted by Gasteiger charge is 2.10. The van der Waals surface area contributed by atoms with Gasteiger partial charge in [-0.25, -0.2) is 8.78 Å². The number of hydrogen-bond donors (Lipinski definition) is 1. The van der Waals surface area contributed by atoms with Gasteiger partial charge < -0.3 is 10.2 Å². The zero-order valence-electron chi connectivity index (χ0n) is 15.1. The monoisotopic (exact) mass is 346 g/mol. The number of unbranched alkanes of at least 4 members (excludes halogenated alkanes) is 1. The zero-order valence-corrected chi connectivity index (χ0v) is 15.1. The van der Waals surface area contributed by atoms with Gasteiger partial charge in [-0.15, -0.1) is 0 Å².